The number of hydrogen-bond acceptors (Lipinski definition) is 3. The van der Waals surface area contributed by atoms with Crippen molar-refractivity contribution in [2.24, 2.45) is 23.7 Å². The normalized spacial score (nSPS) is 31.1. The zero-order chi connectivity index (χ0) is 19.0. The average molecular weight is 370 g/mol. The number of rotatable bonds is 4. The maximum absolute atomic E-state index is 13.2. The fraction of sp³-hybridized carbons (Fsp3) is 0.636. The summed E-state index contributed by atoms with van der Waals surface area (Å²) in [6.07, 6.45) is 3.90. The van der Waals surface area contributed by atoms with Crippen LogP contribution >= 0.6 is 0 Å². The maximum Gasteiger partial charge on any atom is 0.227 e. The lowest BCUT2D eigenvalue weighted by Gasteiger charge is -2.49. The van der Waals surface area contributed by atoms with Gasteiger partial charge < -0.3 is 19.7 Å². The van der Waals surface area contributed by atoms with Gasteiger partial charge in [-0.25, -0.2) is 0 Å². The number of quaternary nitrogens is 1. The van der Waals surface area contributed by atoms with Crippen LogP contribution in [0, 0.1) is 30.6 Å². The molecule has 1 aromatic rings. The van der Waals surface area contributed by atoms with Crippen molar-refractivity contribution in [1.29, 1.82) is 0 Å². The number of nitrogens with zero attached hydrogens (tertiary/aromatic N) is 1. The van der Waals surface area contributed by atoms with Crippen LogP contribution in [-0.4, -0.2) is 43.0 Å². The van der Waals surface area contributed by atoms with E-state index in [1.54, 1.807) is 0 Å². The van der Waals surface area contributed by atoms with Crippen molar-refractivity contribution in [3.05, 3.63) is 35.4 Å². The highest BCUT2D eigenvalue weighted by Crippen LogP contribution is 2.49. The molecule has 146 valence electrons. The zero-order valence-corrected chi connectivity index (χ0v) is 16.2. The van der Waals surface area contributed by atoms with Crippen molar-refractivity contribution in [3.8, 4) is 0 Å². The quantitative estimate of drug-likeness (QED) is 0.813. The first-order chi connectivity index (χ1) is 13.0. The number of aliphatic carboxylic acids is 1. The standard InChI is InChI=1S/C22H30N2O3/c1-15-2-4-16(5-3-15)14-23-10-12-24(13-11-23)21(25)19-17-6-8-18(9-7-17)20(19)22(26)27/h2-5,17-20H,6-14H2,1H3,(H,26,27)/t17?,18?,19-,20-/m0/s1. The minimum atomic E-state index is -1.01. The molecule has 4 aliphatic rings. The summed E-state index contributed by atoms with van der Waals surface area (Å²) in [6.45, 7) is 6.39. The average Bonchev–Trinajstić information content (AvgIpc) is 2.70. The molecule has 3 aliphatic carbocycles. The van der Waals surface area contributed by atoms with Crippen LogP contribution in [0.5, 0.6) is 0 Å². The Morgan fingerprint density at radius 3 is 2.11 bits per heavy atom. The molecule has 5 heteroatoms. The molecule has 1 saturated heterocycles. The maximum atomic E-state index is 13.2. The Bertz CT molecular complexity index is 686. The van der Waals surface area contributed by atoms with E-state index in [0.717, 1.165) is 58.4 Å². The number of carbonyl (C=O) groups is 2. The lowest BCUT2D eigenvalue weighted by molar-refractivity contribution is -0.917. The molecule has 1 N–H and O–H groups in total. The first kappa shape index (κ1) is 18.5. The predicted octanol–water partition coefficient (Wildman–Crippen LogP) is 0.0244. The SMILES string of the molecule is Cc1ccc(C[NH+]2CCN(C(=O)[C@H]3C4CCC(CC4)[C@@H]3C(=O)[O-])CC2)cc1. The monoisotopic (exact) mass is 370 g/mol. The molecular weight excluding hydrogens is 340 g/mol. The fourth-order valence-electron chi connectivity index (χ4n) is 5.57. The molecule has 4 fully saturated rings. The number of carboxylic acids is 1. The Morgan fingerprint density at radius 1 is 1.00 bits per heavy atom. The van der Waals surface area contributed by atoms with Gasteiger partial charge >= 0.3 is 0 Å². The van der Waals surface area contributed by atoms with Crippen LogP contribution in [0.15, 0.2) is 24.3 Å². The van der Waals surface area contributed by atoms with Gasteiger partial charge in [0.05, 0.1) is 26.2 Å². The third-order valence-corrected chi connectivity index (χ3v) is 7.13. The number of carbonyl (C=O) groups excluding carboxylic acids is 2. The van der Waals surface area contributed by atoms with Crippen LogP contribution in [0.1, 0.15) is 36.8 Å². The van der Waals surface area contributed by atoms with Gasteiger partial charge in [-0.05, 0) is 44.4 Å². The first-order valence-electron chi connectivity index (χ1n) is 10.4. The third kappa shape index (κ3) is 3.75. The van der Waals surface area contributed by atoms with Gasteiger partial charge in [-0.2, -0.15) is 0 Å². The van der Waals surface area contributed by atoms with Crippen LogP contribution in [0.4, 0.5) is 0 Å². The lowest BCUT2D eigenvalue weighted by Crippen LogP contribution is -3.13. The smallest absolute Gasteiger partial charge is 0.227 e. The molecule has 0 radical (unpaired) electrons. The van der Waals surface area contributed by atoms with E-state index in [1.807, 2.05) is 4.90 Å². The van der Waals surface area contributed by atoms with Crippen LogP contribution in [0.25, 0.3) is 0 Å². The summed E-state index contributed by atoms with van der Waals surface area (Å²) in [6, 6.07) is 8.66. The summed E-state index contributed by atoms with van der Waals surface area (Å²) in [4.78, 5) is 28.3. The van der Waals surface area contributed by atoms with Crippen LogP contribution < -0.4 is 10.0 Å². The van der Waals surface area contributed by atoms with Crippen molar-refractivity contribution in [2.45, 2.75) is 39.2 Å². The highest BCUT2D eigenvalue weighted by molar-refractivity contribution is 5.85. The number of benzene rings is 1. The second-order valence-corrected chi connectivity index (χ2v) is 8.78. The van der Waals surface area contributed by atoms with E-state index in [2.05, 4.69) is 31.2 Å². The molecular formula is C22H30N2O3. The van der Waals surface area contributed by atoms with Gasteiger partial charge in [-0.3, -0.25) is 4.79 Å². The molecule has 27 heavy (non-hydrogen) atoms. The molecule has 1 aliphatic heterocycles. The lowest BCUT2D eigenvalue weighted by atomic mass is 9.58. The number of amides is 1. The molecule has 0 unspecified atom stereocenters. The molecule has 1 amide bonds. The Labute approximate surface area is 161 Å². The number of carboxylic acid groups (broad SMARTS) is 1. The Hall–Kier alpha value is -1.88. The van der Waals surface area contributed by atoms with Gasteiger partial charge in [0.2, 0.25) is 5.91 Å². The van der Waals surface area contributed by atoms with E-state index in [1.165, 1.54) is 16.0 Å². The Kier molecular flexibility index (Phi) is 5.22. The minimum absolute atomic E-state index is 0.0768. The topological polar surface area (TPSA) is 64.9 Å². The number of fused-ring (bicyclic) bond motifs is 3. The number of piperazine rings is 1. The van der Waals surface area contributed by atoms with Crippen LogP contribution in [0.2, 0.25) is 0 Å². The van der Waals surface area contributed by atoms with Crippen molar-refractivity contribution < 1.29 is 19.6 Å². The molecule has 5 rings (SSSR count). The summed E-state index contributed by atoms with van der Waals surface area (Å²) in [7, 11) is 0. The molecule has 0 spiro atoms. The first-order valence-corrected chi connectivity index (χ1v) is 10.4. The molecule has 3 saturated carbocycles. The summed E-state index contributed by atoms with van der Waals surface area (Å²) < 4.78 is 0. The van der Waals surface area contributed by atoms with Crippen molar-refractivity contribution in [2.75, 3.05) is 26.2 Å². The van der Waals surface area contributed by atoms with Gasteiger partial charge in [0.25, 0.3) is 0 Å². The zero-order valence-electron chi connectivity index (χ0n) is 16.2. The van der Waals surface area contributed by atoms with Gasteiger partial charge in [0.15, 0.2) is 0 Å². The molecule has 0 aromatic heterocycles. The summed E-state index contributed by atoms with van der Waals surface area (Å²) in [5, 5.41) is 11.7. The summed E-state index contributed by atoms with van der Waals surface area (Å²) in [5.74, 6) is -1.46. The number of aryl methyl sites for hydroxylation is 1. The molecule has 2 bridgehead atoms. The third-order valence-electron chi connectivity index (χ3n) is 7.13. The summed E-state index contributed by atoms with van der Waals surface area (Å²) in [5.41, 5.74) is 2.60. The summed E-state index contributed by atoms with van der Waals surface area (Å²) >= 11 is 0. The van der Waals surface area contributed by atoms with Crippen LogP contribution in [0.3, 0.4) is 0 Å². The van der Waals surface area contributed by atoms with E-state index < -0.39 is 11.9 Å². The number of nitrogens with one attached hydrogen (secondary N) is 1. The Balaban J connectivity index is 1.36. The van der Waals surface area contributed by atoms with E-state index in [-0.39, 0.29) is 23.7 Å². The molecule has 5 nitrogen and oxygen atoms in total. The van der Waals surface area contributed by atoms with E-state index in [4.69, 9.17) is 0 Å². The highest BCUT2D eigenvalue weighted by atomic mass is 16.4. The molecule has 1 heterocycles. The highest BCUT2D eigenvalue weighted by Gasteiger charge is 2.49. The van der Waals surface area contributed by atoms with Crippen LogP contribution in [-0.2, 0) is 16.1 Å². The van der Waals surface area contributed by atoms with Crippen molar-refractivity contribution in [3.63, 3.8) is 0 Å². The van der Waals surface area contributed by atoms with Crippen molar-refractivity contribution >= 4 is 11.9 Å². The predicted molar refractivity (Wildman–Crippen MR) is 99.6 cm³/mol. The fourth-order valence-corrected chi connectivity index (χ4v) is 5.57. The molecule has 1 aromatic carbocycles. The minimum Gasteiger partial charge on any atom is -0.550 e. The largest absolute Gasteiger partial charge is 0.550 e. The van der Waals surface area contributed by atoms with Gasteiger partial charge in [-0.15, -0.1) is 0 Å². The van der Waals surface area contributed by atoms with Gasteiger partial charge in [0.1, 0.15) is 6.54 Å². The Morgan fingerprint density at radius 2 is 1.56 bits per heavy atom. The van der Waals surface area contributed by atoms with Gasteiger partial charge in [-0.1, -0.05) is 29.8 Å². The van der Waals surface area contributed by atoms with E-state index >= 15 is 0 Å². The van der Waals surface area contributed by atoms with E-state index in [0.29, 0.717) is 0 Å². The number of hydrogen-bond donors (Lipinski definition) is 1. The van der Waals surface area contributed by atoms with Gasteiger partial charge in [0, 0.05) is 23.4 Å². The van der Waals surface area contributed by atoms with Crippen molar-refractivity contribution in [1.82, 2.24) is 4.90 Å². The second kappa shape index (κ2) is 7.63. The van der Waals surface area contributed by atoms with E-state index in [9.17, 15) is 14.7 Å². The second-order valence-electron chi connectivity index (χ2n) is 8.78. The molecule has 2 atom stereocenters.